The molecule has 2 rings (SSSR count). The van der Waals surface area contributed by atoms with Crippen LogP contribution in [0.25, 0.3) is 0 Å². The van der Waals surface area contributed by atoms with Gasteiger partial charge in [-0.05, 0) is 57.5 Å². The number of piperidine rings is 1. The van der Waals surface area contributed by atoms with Gasteiger partial charge in [0.05, 0.1) is 25.1 Å². The van der Waals surface area contributed by atoms with Gasteiger partial charge in [-0.1, -0.05) is 29.3 Å². The Labute approximate surface area is 158 Å². The summed E-state index contributed by atoms with van der Waals surface area (Å²) in [6.07, 6.45) is 1.45. The summed E-state index contributed by atoms with van der Waals surface area (Å²) in [7, 11) is 0. The second-order valence-electron chi connectivity index (χ2n) is 6.26. The smallest absolute Gasteiger partial charge is 0.309 e. The third-order valence-corrected chi connectivity index (χ3v) is 4.94. The Morgan fingerprint density at radius 1 is 1.32 bits per heavy atom. The molecule has 1 saturated heterocycles. The van der Waals surface area contributed by atoms with Gasteiger partial charge in [0.2, 0.25) is 5.91 Å². The highest BCUT2D eigenvalue weighted by Crippen LogP contribution is 2.26. The van der Waals surface area contributed by atoms with Gasteiger partial charge >= 0.3 is 5.97 Å². The van der Waals surface area contributed by atoms with Gasteiger partial charge in [0.25, 0.3) is 0 Å². The Hall–Kier alpha value is -1.30. The molecule has 0 aromatic heterocycles. The predicted octanol–water partition coefficient (Wildman–Crippen LogP) is 3.45. The molecule has 1 aromatic carbocycles. The first-order chi connectivity index (χ1) is 11.9. The molecular formula is C18H24Cl2N2O3. The molecule has 138 valence electrons. The largest absolute Gasteiger partial charge is 0.466 e. The number of nitrogens with zero attached hydrogens (tertiary/aromatic N) is 1. The number of nitrogens with one attached hydrogen (secondary N) is 1. The zero-order chi connectivity index (χ0) is 18.4. The van der Waals surface area contributed by atoms with Gasteiger partial charge in [-0.15, -0.1) is 0 Å². The minimum Gasteiger partial charge on any atom is -0.466 e. The lowest BCUT2D eigenvalue weighted by Gasteiger charge is -2.30. The Morgan fingerprint density at radius 2 is 2.00 bits per heavy atom. The third-order valence-electron chi connectivity index (χ3n) is 4.38. The average Bonchev–Trinajstić information content (AvgIpc) is 2.55. The van der Waals surface area contributed by atoms with Gasteiger partial charge in [0.1, 0.15) is 0 Å². The number of hydrogen-bond acceptors (Lipinski definition) is 4. The fourth-order valence-corrected chi connectivity index (χ4v) is 3.58. The number of halogens is 2. The molecule has 1 aliphatic heterocycles. The van der Waals surface area contributed by atoms with E-state index < -0.39 is 0 Å². The topological polar surface area (TPSA) is 58.6 Å². The zero-order valence-electron chi connectivity index (χ0n) is 14.6. The lowest BCUT2D eigenvalue weighted by atomic mass is 9.97. The fourth-order valence-electron chi connectivity index (χ4n) is 3.01. The minimum atomic E-state index is -0.200. The van der Waals surface area contributed by atoms with Crippen molar-refractivity contribution in [3.05, 3.63) is 33.8 Å². The number of hydrogen-bond donors (Lipinski definition) is 1. The molecule has 25 heavy (non-hydrogen) atoms. The van der Waals surface area contributed by atoms with Crippen LogP contribution in [0.3, 0.4) is 0 Å². The van der Waals surface area contributed by atoms with Gasteiger partial charge in [0.15, 0.2) is 0 Å². The summed E-state index contributed by atoms with van der Waals surface area (Å²) >= 11 is 12.1. The first-order valence-electron chi connectivity index (χ1n) is 8.54. The van der Waals surface area contributed by atoms with E-state index in [0.29, 0.717) is 36.3 Å². The normalized spacial score (nSPS) is 17.1. The molecule has 1 N–H and O–H groups in total. The van der Waals surface area contributed by atoms with E-state index in [-0.39, 0.29) is 23.8 Å². The molecule has 1 fully saturated rings. The molecule has 0 saturated carbocycles. The maximum Gasteiger partial charge on any atom is 0.309 e. The van der Waals surface area contributed by atoms with Gasteiger partial charge in [-0.2, -0.15) is 0 Å². The standard InChI is InChI=1S/C18H24Cl2N2O3/c1-3-25-18(24)13-6-8-22(9-7-13)11-17(23)21-12(2)15-5-4-14(19)10-16(15)20/h4-5,10,12-13H,3,6-9,11H2,1-2H3,(H,21,23). The zero-order valence-corrected chi connectivity index (χ0v) is 16.1. The molecule has 0 radical (unpaired) electrons. The Balaban J connectivity index is 1.80. The SMILES string of the molecule is CCOC(=O)C1CCN(CC(=O)NC(C)c2ccc(Cl)cc2Cl)CC1. The van der Waals surface area contributed by atoms with Crippen LogP contribution in [0.5, 0.6) is 0 Å². The van der Waals surface area contributed by atoms with E-state index in [2.05, 4.69) is 10.2 Å². The molecule has 5 nitrogen and oxygen atoms in total. The molecule has 1 aliphatic rings. The second kappa shape index (κ2) is 9.41. The average molecular weight is 387 g/mol. The Bertz CT molecular complexity index is 616. The summed E-state index contributed by atoms with van der Waals surface area (Å²) < 4.78 is 5.06. The molecule has 1 aromatic rings. The van der Waals surface area contributed by atoms with Crippen molar-refractivity contribution in [2.75, 3.05) is 26.2 Å². The Morgan fingerprint density at radius 3 is 2.60 bits per heavy atom. The Kier molecular flexibility index (Phi) is 7.54. The molecular weight excluding hydrogens is 363 g/mol. The van der Waals surface area contributed by atoms with Crippen molar-refractivity contribution in [2.24, 2.45) is 5.92 Å². The maximum atomic E-state index is 12.3. The summed E-state index contributed by atoms with van der Waals surface area (Å²) in [4.78, 5) is 26.1. The number of esters is 1. The summed E-state index contributed by atoms with van der Waals surface area (Å²) in [5.41, 5.74) is 0.834. The van der Waals surface area contributed by atoms with E-state index in [1.54, 1.807) is 12.1 Å². The van der Waals surface area contributed by atoms with Crippen molar-refractivity contribution in [1.29, 1.82) is 0 Å². The predicted molar refractivity (Wildman–Crippen MR) is 98.8 cm³/mol. The molecule has 1 unspecified atom stereocenters. The quantitative estimate of drug-likeness (QED) is 0.760. The fraction of sp³-hybridized carbons (Fsp3) is 0.556. The number of carbonyl (C=O) groups is 2. The number of amides is 1. The number of carbonyl (C=O) groups excluding carboxylic acids is 2. The molecule has 1 amide bonds. The van der Waals surface area contributed by atoms with E-state index in [0.717, 1.165) is 18.4 Å². The van der Waals surface area contributed by atoms with Crippen LogP contribution in [0.1, 0.15) is 38.3 Å². The number of benzene rings is 1. The van der Waals surface area contributed by atoms with Crippen LogP contribution in [0.15, 0.2) is 18.2 Å². The van der Waals surface area contributed by atoms with Gasteiger partial charge < -0.3 is 10.1 Å². The molecule has 0 aliphatic carbocycles. The molecule has 0 bridgehead atoms. The minimum absolute atomic E-state index is 0.0499. The van der Waals surface area contributed by atoms with Gasteiger partial charge in [-0.3, -0.25) is 14.5 Å². The number of ether oxygens (including phenoxy) is 1. The van der Waals surface area contributed by atoms with Crippen LogP contribution in [-0.4, -0.2) is 43.0 Å². The van der Waals surface area contributed by atoms with Crippen molar-refractivity contribution in [2.45, 2.75) is 32.7 Å². The summed E-state index contributed by atoms with van der Waals surface area (Å²) in [6, 6.07) is 5.04. The highest BCUT2D eigenvalue weighted by atomic mass is 35.5. The van der Waals surface area contributed by atoms with Gasteiger partial charge in [0, 0.05) is 10.0 Å². The van der Waals surface area contributed by atoms with E-state index in [4.69, 9.17) is 27.9 Å². The van der Waals surface area contributed by atoms with E-state index >= 15 is 0 Å². The van der Waals surface area contributed by atoms with Crippen LogP contribution in [0, 0.1) is 5.92 Å². The lowest BCUT2D eigenvalue weighted by molar-refractivity contribution is -0.149. The monoisotopic (exact) mass is 386 g/mol. The van der Waals surface area contributed by atoms with Crippen molar-refractivity contribution in [1.82, 2.24) is 10.2 Å². The van der Waals surface area contributed by atoms with Crippen molar-refractivity contribution >= 4 is 35.1 Å². The first-order valence-corrected chi connectivity index (χ1v) is 9.29. The molecule has 0 spiro atoms. The van der Waals surface area contributed by atoms with Crippen LogP contribution >= 0.6 is 23.2 Å². The highest BCUT2D eigenvalue weighted by molar-refractivity contribution is 6.35. The van der Waals surface area contributed by atoms with Crippen LogP contribution in [-0.2, 0) is 14.3 Å². The van der Waals surface area contributed by atoms with E-state index in [1.807, 2.05) is 19.9 Å². The number of likely N-dealkylation sites (tertiary alicyclic amines) is 1. The second-order valence-corrected chi connectivity index (χ2v) is 7.10. The van der Waals surface area contributed by atoms with Crippen LogP contribution in [0.4, 0.5) is 0 Å². The summed E-state index contributed by atoms with van der Waals surface area (Å²) in [5.74, 6) is -0.239. The van der Waals surface area contributed by atoms with E-state index in [9.17, 15) is 9.59 Å². The maximum absolute atomic E-state index is 12.3. The molecule has 1 heterocycles. The van der Waals surface area contributed by atoms with Crippen molar-refractivity contribution in [3.8, 4) is 0 Å². The third kappa shape index (κ3) is 5.87. The lowest BCUT2D eigenvalue weighted by Crippen LogP contribution is -2.43. The van der Waals surface area contributed by atoms with E-state index in [1.165, 1.54) is 0 Å². The van der Waals surface area contributed by atoms with Crippen molar-refractivity contribution in [3.63, 3.8) is 0 Å². The van der Waals surface area contributed by atoms with Crippen LogP contribution < -0.4 is 5.32 Å². The molecule has 1 atom stereocenters. The number of rotatable bonds is 6. The van der Waals surface area contributed by atoms with Crippen molar-refractivity contribution < 1.29 is 14.3 Å². The van der Waals surface area contributed by atoms with Crippen LogP contribution in [0.2, 0.25) is 10.0 Å². The highest BCUT2D eigenvalue weighted by Gasteiger charge is 2.27. The first kappa shape index (κ1) is 20.0. The van der Waals surface area contributed by atoms with Gasteiger partial charge in [-0.25, -0.2) is 0 Å². The summed E-state index contributed by atoms with van der Waals surface area (Å²) in [5, 5.41) is 4.06. The summed E-state index contributed by atoms with van der Waals surface area (Å²) in [6.45, 7) is 5.85. The molecule has 7 heteroatoms.